The molecule has 0 spiro atoms. The second kappa shape index (κ2) is 5.25. The van der Waals surface area contributed by atoms with Crippen LogP contribution in [-0.2, 0) is 0 Å². The lowest BCUT2D eigenvalue weighted by Crippen LogP contribution is -2.37. The number of thiazole rings is 1. The number of nitrogens with zero attached hydrogens (tertiary/aromatic N) is 1. The Morgan fingerprint density at radius 2 is 2.12 bits per heavy atom. The van der Waals surface area contributed by atoms with Crippen molar-refractivity contribution in [1.82, 2.24) is 10.3 Å². The van der Waals surface area contributed by atoms with Crippen LogP contribution < -0.4 is 5.32 Å². The van der Waals surface area contributed by atoms with Gasteiger partial charge in [-0.25, -0.2) is 4.98 Å². The van der Waals surface area contributed by atoms with Crippen molar-refractivity contribution in [3.05, 3.63) is 16.1 Å². The minimum Gasteiger partial charge on any atom is -0.391 e. The van der Waals surface area contributed by atoms with E-state index in [1.165, 1.54) is 4.88 Å². The van der Waals surface area contributed by atoms with Gasteiger partial charge < -0.3 is 10.4 Å². The van der Waals surface area contributed by atoms with Crippen molar-refractivity contribution < 1.29 is 5.11 Å². The molecule has 2 unspecified atom stereocenters. The van der Waals surface area contributed by atoms with Gasteiger partial charge in [0, 0.05) is 23.7 Å². The maximum absolute atomic E-state index is 9.91. The Labute approximate surface area is 102 Å². The van der Waals surface area contributed by atoms with Crippen molar-refractivity contribution in [2.45, 2.75) is 46.8 Å². The Hall–Kier alpha value is -0.450. The molecule has 0 saturated carbocycles. The number of aryl methyl sites for hydroxylation is 1. The van der Waals surface area contributed by atoms with Gasteiger partial charge in [0.05, 0.1) is 11.1 Å². The van der Waals surface area contributed by atoms with E-state index < -0.39 is 0 Å². The fourth-order valence-electron chi connectivity index (χ4n) is 1.27. The zero-order chi connectivity index (χ0) is 12.3. The summed E-state index contributed by atoms with van der Waals surface area (Å²) < 4.78 is 0. The Balaban J connectivity index is 2.44. The third-order valence-electron chi connectivity index (χ3n) is 2.68. The van der Waals surface area contributed by atoms with Gasteiger partial charge in [-0.05, 0) is 19.3 Å². The summed E-state index contributed by atoms with van der Waals surface area (Å²) in [6.07, 6.45) is 1.57. The van der Waals surface area contributed by atoms with E-state index in [9.17, 15) is 5.11 Å². The predicted molar refractivity (Wildman–Crippen MR) is 68.7 cm³/mol. The van der Waals surface area contributed by atoms with Crippen LogP contribution in [0.3, 0.4) is 0 Å². The molecule has 0 saturated heterocycles. The highest BCUT2D eigenvalue weighted by Gasteiger charge is 2.22. The number of aliphatic hydroxyl groups excluding tert-OH is 1. The Bertz CT molecular complexity index is 330. The first-order valence-corrected chi connectivity index (χ1v) is 6.46. The number of aliphatic hydroxyl groups is 1. The highest BCUT2D eigenvalue weighted by molar-refractivity contribution is 7.11. The monoisotopic (exact) mass is 242 g/mol. The van der Waals surface area contributed by atoms with Crippen molar-refractivity contribution in [3.63, 3.8) is 0 Å². The number of rotatable bonds is 4. The summed E-state index contributed by atoms with van der Waals surface area (Å²) in [5.74, 6) is 0. The SMILES string of the molecule is Cc1ncc(C(C)NCC(O)C(C)(C)C)s1. The molecule has 2 N–H and O–H groups in total. The molecule has 0 amide bonds. The Morgan fingerprint density at radius 1 is 1.50 bits per heavy atom. The summed E-state index contributed by atoms with van der Waals surface area (Å²) in [5, 5.41) is 14.3. The molecular formula is C12H22N2OS. The highest BCUT2D eigenvalue weighted by Crippen LogP contribution is 2.22. The molecule has 0 fully saturated rings. The van der Waals surface area contributed by atoms with Gasteiger partial charge in [-0.3, -0.25) is 0 Å². The maximum atomic E-state index is 9.91. The molecule has 16 heavy (non-hydrogen) atoms. The molecule has 1 heterocycles. The zero-order valence-corrected chi connectivity index (χ0v) is 11.6. The average Bonchev–Trinajstić information content (AvgIpc) is 2.59. The molecule has 0 aliphatic rings. The Kier molecular flexibility index (Phi) is 4.47. The van der Waals surface area contributed by atoms with Crippen LogP contribution in [0.5, 0.6) is 0 Å². The van der Waals surface area contributed by atoms with E-state index in [1.807, 2.05) is 33.9 Å². The number of hydrogen-bond acceptors (Lipinski definition) is 4. The van der Waals surface area contributed by atoms with Gasteiger partial charge in [-0.1, -0.05) is 20.8 Å². The van der Waals surface area contributed by atoms with Gasteiger partial charge in [0.25, 0.3) is 0 Å². The largest absolute Gasteiger partial charge is 0.391 e. The first-order valence-electron chi connectivity index (χ1n) is 5.64. The fraction of sp³-hybridized carbons (Fsp3) is 0.750. The van der Waals surface area contributed by atoms with E-state index in [4.69, 9.17) is 0 Å². The van der Waals surface area contributed by atoms with E-state index in [1.54, 1.807) is 11.3 Å². The van der Waals surface area contributed by atoms with Crippen LogP contribution >= 0.6 is 11.3 Å². The van der Waals surface area contributed by atoms with E-state index in [-0.39, 0.29) is 17.6 Å². The van der Waals surface area contributed by atoms with Gasteiger partial charge in [-0.2, -0.15) is 0 Å². The molecule has 92 valence electrons. The topological polar surface area (TPSA) is 45.2 Å². The number of nitrogens with one attached hydrogen (secondary N) is 1. The lowest BCUT2D eigenvalue weighted by atomic mass is 9.89. The van der Waals surface area contributed by atoms with E-state index in [0.717, 1.165) is 5.01 Å². The number of hydrogen-bond donors (Lipinski definition) is 2. The summed E-state index contributed by atoms with van der Waals surface area (Å²) >= 11 is 1.70. The molecule has 3 nitrogen and oxygen atoms in total. The first kappa shape index (κ1) is 13.6. The van der Waals surface area contributed by atoms with Crippen LogP contribution in [0.2, 0.25) is 0 Å². The quantitative estimate of drug-likeness (QED) is 0.852. The normalized spacial score (nSPS) is 16.1. The molecular weight excluding hydrogens is 220 g/mol. The highest BCUT2D eigenvalue weighted by atomic mass is 32.1. The van der Waals surface area contributed by atoms with Crippen molar-refractivity contribution in [3.8, 4) is 0 Å². The van der Waals surface area contributed by atoms with Crippen LogP contribution in [0, 0.1) is 12.3 Å². The second-order valence-corrected chi connectivity index (χ2v) is 6.56. The number of aromatic nitrogens is 1. The minimum absolute atomic E-state index is 0.0731. The van der Waals surface area contributed by atoms with E-state index in [2.05, 4.69) is 17.2 Å². The van der Waals surface area contributed by atoms with Gasteiger partial charge in [-0.15, -0.1) is 11.3 Å². The average molecular weight is 242 g/mol. The lowest BCUT2D eigenvalue weighted by Gasteiger charge is -2.27. The van der Waals surface area contributed by atoms with Crippen LogP contribution in [0.25, 0.3) is 0 Å². The van der Waals surface area contributed by atoms with Crippen molar-refractivity contribution in [1.29, 1.82) is 0 Å². The second-order valence-electron chi connectivity index (χ2n) is 5.29. The Morgan fingerprint density at radius 3 is 2.56 bits per heavy atom. The van der Waals surface area contributed by atoms with Crippen LogP contribution in [0.15, 0.2) is 6.20 Å². The van der Waals surface area contributed by atoms with E-state index >= 15 is 0 Å². The fourth-order valence-corrected chi connectivity index (χ4v) is 2.09. The molecule has 0 radical (unpaired) electrons. The summed E-state index contributed by atoms with van der Waals surface area (Å²) in [6.45, 7) is 10.8. The summed E-state index contributed by atoms with van der Waals surface area (Å²) in [7, 11) is 0. The minimum atomic E-state index is -0.330. The molecule has 0 aromatic carbocycles. The van der Waals surface area contributed by atoms with Gasteiger partial charge in [0.1, 0.15) is 0 Å². The van der Waals surface area contributed by atoms with Crippen LogP contribution in [0.1, 0.15) is 43.6 Å². The van der Waals surface area contributed by atoms with Crippen molar-refractivity contribution >= 4 is 11.3 Å². The van der Waals surface area contributed by atoms with Gasteiger partial charge in [0.15, 0.2) is 0 Å². The van der Waals surface area contributed by atoms with Gasteiger partial charge >= 0.3 is 0 Å². The standard InChI is InChI=1S/C12H22N2OS/c1-8(10-6-14-9(2)16-10)13-7-11(15)12(3,4)5/h6,8,11,13,15H,7H2,1-5H3. The van der Waals surface area contributed by atoms with E-state index in [0.29, 0.717) is 6.54 Å². The zero-order valence-electron chi connectivity index (χ0n) is 10.7. The predicted octanol–water partition coefficient (Wildman–Crippen LogP) is 2.51. The van der Waals surface area contributed by atoms with Gasteiger partial charge in [0.2, 0.25) is 0 Å². The third kappa shape index (κ3) is 3.85. The first-order chi connectivity index (χ1) is 7.30. The molecule has 1 aromatic rings. The molecule has 0 aliphatic heterocycles. The molecule has 0 bridgehead atoms. The van der Waals surface area contributed by atoms with Crippen LogP contribution in [0.4, 0.5) is 0 Å². The molecule has 1 rings (SSSR count). The molecule has 0 aliphatic carbocycles. The lowest BCUT2D eigenvalue weighted by molar-refractivity contribution is 0.0610. The van der Waals surface area contributed by atoms with Crippen LogP contribution in [-0.4, -0.2) is 22.7 Å². The molecule has 2 atom stereocenters. The maximum Gasteiger partial charge on any atom is 0.0897 e. The summed E-state index contributed by atoms with van der Waals surface area (Å²) in [5.41, 5.74) is -0.0731. The summed E-state index contributed by atoms with van der Waals surface area (Å²) in [4.78, 5) is 5.45. The van der Waals surface area contributed by atoms with Crippen molar-refractivity contribution in [2.24, 2.45) is 5.41 Å². The molecule has 1 aromatic heterocycles. The smallest absolute Gasteiger partial charge is 0.0897 e. The molecule has 4 heteroatoms. The third-order valence-corrected chi connectivity index (χ3v) is 3.78. The summed E-state index contributed by atoms with van der Waals surface area (Å²) in [6, 6.07) is 0.253. The van der Waals surface area contributed by atoms with Crippen molar-refractivity contribution in [2.75, 3.05) is 6.54 Å².